The number of phenols is 2. The average molecular weight is 533 g/mol. The molecule has 0 saturated carbocycles. The zero-order chi connectivity index (χ0) is 28.4. The highest BCUT2D eigenvalue weighted by Gasteiger charge is 2.32. The summed E-state index contributed by atoms with van der Waals surface area (Å²) in [5, 5.41) is 54.3. The fraction of sp³-hybridized carbons (Fsp3) is 0.360. The van der Waals surface area contributed by atoms with Crippen LogP contribution in [0.25, 0.3) is 0 Å². The lowest BCUT2D eigenvalue weighted by Gasteiger charge is -2.26. The monoisotopic (exact) mass is 532 g/mol. The Morgan fingerprint density at radius 2 is 1.24 bits per heavy atom. The number of hydrogen-bond donors (Lipinski definition) is 9. The summed E-state index contributed by atoms with van der Waals surface area (Å²) in [5.41, 5.74) is 7.08. The minimum Gasteiger partial charge on any atom is -0.508 e. The Bertz CT molecular complexity index is 1110. The van der Waals surface area contributed by atoms with Gasteiger partial charge in [-0.05, 0) is 48.7 Å². The van der Waals surface area contributed by atoms with Gasteiger partial charge in [0.05, 0.1) is 18.8 Å². The molecule has 0 heterocycles. The lowest BCUT2D eigenvalue weighted by molar-refractivity contribution is -0.143. The number of nitrogens with one attached hydrogen (secondary N) is 3. The van der Waals surface area contributed by atoms with Gasteiger partial charge in [-0.1, -0.05) is 24.3 Å². The number of aliphatic carboxylic acids is 1. The van der Waals surface area contributed by atoms with Crippen molar-refractivity contribution in [1.29, 1.82) is 0 Å². The number of hydrogen-bond acceptors (Lipinski definition) is 9. The molecular weight excluding hydrogens is 500 g/mol. The quantitative estimate of drug-likeness (QED) is 0.139. The zero-order valence-corrected chi connectivity index (χ0v) is 20.6. The van der Waals surface area contributed by atoms with Crippen molar-refractivity contribution in [2.75, 3.05) is 6.61 Å². The molecule has 13 nitrogen and oxygen atoms in total. The highest BCUT2D eigenvalue weighted by molar-refractivity contribution is 5.94. The van der Waals surface area contributed by atoms with E-state index in [9.17, 15) is 39.6 Å². The van der Waals surface area contributed by atoms with E-state index in [0.717, 1.165) is 0 Å². The number of carbonyl (C=O) groups excluding carboxylic acids is 3. The largest absolute Gasteiger partial charge is 0.508 e. The molecule has 0 aliphatic heterocycles. The van der Waals surface area contributed by atoms with E-state index in [1.54, 1.807) is 12.1 Å². The smallest absolute Gasteiger partial charge is 0.328 e. The molecule has 0 radical (unpaired) electrons. The zero-order valence-electron chi connectivity index (χ0n) is 20.6. The minimum absolute atomic E-state index is 0.0365. The summed E-state index contributed by atoms with van der Waals surface area (Å²) in [6, 6.07) is 6.06. The van der Waals surface area contributed by atoms with Crippen LogP contribution < -0.4 is 21.7 Å². The molecule has 38 heavy (non-hydrogen) atoms. The van der Waals surface area contributed by atoms with E-state index in [4.69, 9.17) is 10.8 Å². The van der Waals surface area contributed by atoms with Crippen molar-refractivity contribution < 1.29 is 44.7 Å². The van der Waals surface area contributed by atoms with Gasteiger partial charge >= 0.3 is 5.97 Å². The summed E-state index contributed by atoms with van der Waals surface area (Å²) in [6.45, 7) is 0.351. The number of carbonyl (C=O) groups is 4. The first-order valence-corrected chi connectivity index (χ1v) is 11.7. The second-order valence-electron chi connectivity index (χ2n) is 8.72. The van der Waals surface area contributed by atoms with Crippen LogP contribution in [0, 0.1) is 0 Å². The Hall–Kier alpha value is -4.20. The SMILES string of the molecule is CC(O)C(NC(=O)C(N)Cc1ccc(O)cc1)C(=O)NC(Cc1ccc(O)cc1)C(=O)NC(CO)C(=O)O. The van der Waals surface area contributed by atoms with Gasteiger partial charge in [-0.25, -0.2) is 4.79 Å². The van der Waals surface area contributed by atoms with Crippen molar-refractivity contribution in [3.63, 3.8) is 0 Å². The molecule has 0 aliphatic carbocycles. The van der Waals surface area contributed by atoms with Crippen molar-refractivity contribution in [1.82, 2.24) is 16.0 Å². The molecule has 0 bridgehead atoms. The maximum Gasteiger partial charge on any atom is 0.328 e. The summed E-state index contributed by atoms with van der Waals surface area (Å²) in [7, 11) is 0. The number of aliphatic hydroxyl groups is 2. The minimum atomic E-state index is -1.63. The summed E-state index contributed by atoms with van der Waals surface area (Å²) in [5.74, 6) is -4.13. The second-order valence-corrected chi connectivity index (χ2v) is 8.72. The average Bonchev–Trinajstić information content (AvgIpc) is 2.87. The second kappa shape index (κ2) is 13.9. The molecule has 10 N–H and O–H groups in total. The number of aliphatic hydroxyl groups excluding tert-OH is 2. The number of rotatable bonds is 13. The Kier molecular flexibility index (Phi) is 11.0. The van der Waals surface area contributed by atoms with Crippen LogP contribution in [0.4, 0.5) is 0 Å². The number of carboxylic acids is 1. The fourth-order valence-electron chi connectivity index (χ4n) is 3.44. The Labute approximate surface area is 218 Å². The van der Waals surface area contributed by atoms with Gasteiger partial charge in [0.2, 0.25) is 17.7 Å². The topological polar surface area (TPSA) is 232 Å². The van der Waals surface area contributed by atoms with Crippen LogP contribution in [-0.2, 0) is 32.0 Å². The van der Waals surface area contributed by atoms with Gasteiger partial charge in [0, 0.05) is 6.42 Å². The van der Waals surface area contributed by atoms with Crippen LogP contribution in [0.1, 0.15) is 18.1 Å². The van der Waals surface area contributed by atoms with E-state index in [2.05, 4.69) is 16.0 Å². The maximum atomic E-state index is 13.0. The van der Waals surface area contributed by atoms with Gasteiger partial charge in [0.1, 0.15) is 29.6 Å². The molecule has 5 unspecified atom stereocenters. The maximum absolute atomic E-state index is 13.0. The van der Waals surface area contributed by atoms with Crippen molar-refractivity contribution in [3.05, 3.63) is 59.7 Å². The standard InChI is InChI=1S/C25H32N4O9/c1-13(31)21(29-22(34)18(26)10-14-2-6-16(32)7-3-14)24(36)27-19(11-15-4-8-17(33)9-5-15)23(35)28-20(12-30)25(37)38/h2-9,13,18-21,30-33H,10-12,26H2,1H3,(H,27,36)(H,28,35)(H,29,34)(H,37,38). The molecule has 0 aromatic heterocycles. The van der Waals surface area contributed by atoms with E-state index in [-0.39, 0.29) is 24.3 Å². The summed E-state index contributed by atoms with van der Waals surface area (Å²) < 4.78 is 0. The van der Waals surface area contributed by atoms with Gasteiger partial charge in [-0.2, -0.15) is 0 Å². The first-order valence-electron chi connectivity index (χ1n) is 11.7. The van der Waals surface area contributed by atoms with E-state index in [1.165, 1.54) is 43.3 Å². The number of phenolic OH excluding ortho intramolecular Hbond substituents is 2. The van der Waals surface area contributed by atoms with Crippen molar-refractivity contribution >= 4 is 23.7 Å². The molecule has 2 aromatic rings. The van der Waals surface area contributed by atoms with Gasteiger partial charge in [-0.15, -0.1) is 0 Å². The predicted octanol–water partition coefficient (Wildman–Crippen LogP) is -1.88. The van der Waals surface area contributed by atoms with Gasteiger partial charge < -0.3 is 47.2 Å². The third-order valence-electron chi connectivity index (χ3n) is 5.60. The highest BCUT2D eigenvalue weighted by Crippen LogP contribution is 2.13. The van der Waals surface area contributed by atoms with Crippen LogP contribution in [0.15, 0.2) is 48.5 Å². The van der Waals surface area contributed by atoms with Crippen molar-refractivity contribution in [2.45, 2.75) is 50.0 Å². The third kappa shape index (κ3) is 9.03. The highest BCUT2D eigenvalue weighted by atomic mass is 16.4. The molecule has 0 saturated heterocycles. The molecule has 0 fully saturated rings. The molecule has 5 atom stereocenters. The van der Waals surface area contributed by atoms with Crippen molar-refractivity contribution in [3.8, 4) is 11.5 Å². The van der Waals surface area contributed by atoms with Gasteiger partial charge in [-0.3, -0.25) is 14.4 Å². The Balaban J connectivity index is 2.17. The molecule has 0 aliphatic rings. The van der Waals surface area contributed by atoms with Gasteiger partial charge in [0.25, 0.3) is 0 Å². The summed E-state index contributed by atoms with van der Waals surface area (Å²) in [6.07, 6.45) is -1.47. The van der Waals surface area contributed by atoms with Crippen LogP contribution in [-0.4, -0.2) is 86.1 Å². The third-order valence-corrected chi connectivity index (χ3v) is 5.60. The molecule has 13 heteroatoms. The van der Waals surface area contributed by atoms with Crippen LogP contribution in [0.5, 0.6) is 11.5 Å². The number of nitrogens with two attached hydrogens (primary N) is 1. The number of aromatic hydroxyl groups is 2. The number of carboxylic acid groups (broad SMARTS) is 1. The lowest BCUT2D eigenvalue weighted by atomic mass is 10.0. The van der Waals surface area contributed by atoms with Crippen LogP contribution >= 0.6 is 0 Å². The fourth-order valence-corrected chi connectivity index (χ4v) is 3.44. The molecule has 2 aromatic carbocycles. The molecule has 0 spiro atoms. The first kappa shape index (κ1) is 30.0. The number of benzene rings is 2. The van der Waals surface area contributed by atoms with Crippen LogP contribution in [0.2, 0.25) is 0 Å². The lowest BCUT2D eigenvalue weighted by Crippen LogP contribution is -2.60. The Morgan fingerprint density at radius 3 is 1.68 bits per heavy atom. The van der Waals surface area contributed by atoms with E-state index >= 15 is 0 Å². The van der Waals surface area contributed by atoms with Crippen LogP contribution in [0.3, 0.4) is 0 Å². The van der Waals surface area contributed by atoms with E-state index in [0.29, 0.717) is 11.1 Å². The molecule has 2 rings (SSSR count). The summed E-state index contributed by atoms with van der Waals surface area (Å²) in [4.78, 5) is 49.8. The molecule has 206 valence electrons. The van der Waals surface area contributed by atoms with Gasteiger partial charge in [0.15, 0.2) is 0 Å². The molecule has 3 amide bonds. The molecular formula is C25H32N4O9. The van der Waals surface area contributed by atoms with Crippen molar-refractivity contribution in [2.24, 2.45) is 5.73 Å². The van der Waals surface area contributed by atoms with E-state index in [1.807, 2.05) is 0 Å². The number of amides is 3. The predicted molar refractivity (Wildman–Crippen MR) is 134 cm³/mol. The Morgan fingerprint density at radius 1 is 0.763 bits per heavy atom. The summed E-state index contributed by atoms with van der Waals surface area (Å²) >= 11 is 0. The van der Waals surface area contributed by atoms with E-state index < -0.39 is 60.6 Å². The normalized spacial score (nSPS) is 14.8. The first-order chi connectivity index (χ1) is 17.9.